The molecule has 1 N–H and O–H groups in total. The van der Waals surface area contributed by atoms with Gasteiger partial charge in [0.25, 0.3) is 5.91 Å². The Bertz CT molecular complexity index is 628. The number of nitrogens with one attached hydrogen (secondary N) is 1. The highest BCUT2D eigenvalue weighted by atomic mass is 35.5. The van der Waals surface area contributed by atoms with Crippen LogP contribution in [-0.4, -0.2) is 10.7 Å². The van der Waals surface area contributed by atoms with Crippen molar-refractivity contribution in [3.8, 4) is 0 Å². The molecule has 0 saturated carbocycles. The molecule has 0 bridgehead atoms. The van der Waals surface area contributed by atoms with Crippen LogP contribution in [0.25, 0.3) is 0 Å². The molecule has 0 aromatic heterocycles. The van der Waals surface area contributed by atoms with Crippen LogP contribution in [0.1, 0.15) is 22.0 Å². The van der Waals surface area contributed by atoms with Gasteiger partial charge in [0.2, 0.25) is 0 Å². The summed E-state index contributed by atoms with van der Waals surface area (Å²) in [6.45, 7) is 0. The maximum atomic E-state index is 12.3. The summed E-state index contributed by atoms with van der Waals surface area (Å²) in [5, 5.41) is 3.74. The molecule has 0 unspecified atom stereocenters. The van der Waals surface area contributed by atoms with Crippen LogP contribution in [-0.2, 0) is 0 Å². The van der Waals surface area contributed by atoms with E-state index in [-0.39, 0.29) is 5.91 Å². The van der Waals surface area contributed by atoms with E-state index in [4.69, 9.17) is 46.4 Å². The third-order valence-electron chi connectivity index (χ3n) is 2.89. The molecule has 0 heterocycles. The molecule has 2 aromatic carbocycles. The first-order chi connectivity index (χ1) is 9.99. The second-order valence-electron chi connectivity index (χ2n) is 4.32. The van der Waals surface area contributed by atoms with Gasteiger partial charge in [-0.25, -0.2) is 0 Å². The summed E-state index contributed by atoms with van der Waals surface area (Å²) in [6, 6.07) is 13.1. The molecular weight excluding hydrogens is 352 g/mol. The van der Waals surface area contributed by atoms with Crippen LogP contribution >= 0.6 is 46.4 Å². The molecule has 0 spiro atoms. The molecule has 0 saturated heterocycles. The normalized spacial score (nSPS) is 12.2. The number of rotatable bonds is 4. The zero-order valence-electron chi connectivity index (χ0n) is 10.7. The van der Waals surface area contributed by atoms with Crippen LogP contribution in [0.2, 0.25) is 10.0 Å². The molecule has 0 aliphatic rings. The van der Waals surface area contributed by atoms with E-state index in [1.807, 2.05) is 0 Å². The van der Waals surface area contributed by atoms with Gasteiger partial charge < -0.3 is 5.32 Å². The minimum absolute atomic E-state index is 0.341. The zero-order chi connectivity index (χ0) is 15.4. The largest absolute Gasteiger partial charge is 0.342 e. The fourth-order valence-electron chi connectivity index (χ4n) is 1.83. The fraction of sp³-hybridized carbons (Fsp3) is 0.133. The standard InChI is InChI=1S/C15H11Cl4NO/c16-10-7-5-9(6-8-10)13(14(18)19)20-15(21)11-3-1-2-4-12(11)17/h1-8,13-14H,(H,20,21)/t13-/m0/s1. The van der Waals surface area contributed by atoms with Crippen LogP contribution in [0.3, 0.4) is 0 Å². The molecule has 1 atom stereocenters. The van der Waals surface area contributed by atoms with Gasteiger partial charge in [0.1, 0.15) is 4.84 Å². The Balaban J connectivity index is 2.23. The van der Waals surface area contributed by atoms with Crippen molar-refractivity contribution in [2.24, 2.45) is 0 Å². The van der Waals surface area contributed by atoms with Gasteiger partial charge in [-0.15, -0.1) is 23.2 Å². The summed E-state index contributed by atoms with van der Waals surface area (Å²) in [7, 11) is 0. The molecule has 2 nitrogen and oxygen atoms in total. The van der Waals surface area contributed by atoms with Gasteiger partial charge in [-0.3, -0.25) is 4.79 Å². The van der Waals surface area contributed by atoms with Gasteiger partial charge in [-0.2, -0.15) is 0 Å². The van der Waals surface area contributed by atoms with Gasteiger partial charge in [0, 0.05) is 5.02 Å². The molecule has 0 radical (unpaired) electrons. The van der Waals surface area contributed by atoms with Crippen LogP contribution in [0, 0.1) is 0 Å². The van der Waals surface area contributed by atoms with Gasteiger partial charge in [0.15, 0.2) is 0 Å². The van der Waals surface area contributed by atoms with Crippen LogP contribution in [0.5, 0.6) is 0 Å². The predicted octanol–water partition coefficient (Wildman–Crippen LogP) is 5.27. The Hall–Kier alpha value is -0.930. The summed E-state index contributed by atoms with van der Waals surface area (Å²) in [5.41, 5.74) is 1.13. The molecule has 0 aliphatic heterocycles. The van der Waals surface area contributed by atoms with E-state index >= 15 is 0 Å². The molecule has 0 aliphatic carbocycles. The Morgan fingerprint density at radius 1 is 0.952 bits per heavy atom. The Morgan fingerprint density at radius 3 is 2.14 bits per heavy atom. The zero-order valence-corrected chi connectivity index (χ0v) is 13.7. The van der Waals surface area contributed by atoms with E-state index in [0.29, 0.717) is 15.6 Å². The summed E-state index contributed by atoms with van der Waals surface area (Å²) < 4.78 is 0. The van der Waals surface area contributed by atoms with E-state index in [1.54, 1.807) is 48.5 Å². The average molecular weight is 363 g/mol. The predicted molar refractivity (Wildman–Crippen MR) is 88.6 cm³/mol. The monoisotopic (exact) mass is 361 g/mol. The fourth-order valence-corrected chi connectivity index (χ4v) is 2.59. The second-order valence-corrected chi connectivity index (χ2v) is 6.32. The van der Waals surface area contributed by atoms with Crippen molar-refractivity contribution in [2.75, 3.05) is 0 Å². The maximum absolute atomic E-state index is 12.3. The number of amides is 1. The quantitative estimate of drug-likeness (QED) is 0.737. The van der Waals surface area contributed by atoms with Crippen LogP contribution < -0.4 is 5.32 Å². The van der Waals surface area contributed by atoms with Gasteiger partial charge in [-0.1, -0.05) is 47.5 Å². The van der Waals surface area contributed by atoms with E-state index in [0.717, 1.165) is 5.56 Å². The van der Waals surface area contributed by atoms with Gasteiger partial charge in [0.05, 0.1) is 16.6 Å². The highest BCUT2D eigenvalue weighted by molar-refractivity contribution is 6.45. The summed E-state index contributed by atoms with van der Waals surface area (Å²) in [5.74, 6) is -0.341. The first kappa shape index (κ1) is 16.4. The number of benzene rings is 2. The van der Waals surface area contributed by atoms with Crippen molar-refractivity contribution >= 4 is 52.3 Å². The lowest BCUT2D eigenvalue weighted by Gasteiger charge is -2.20. The van der Waals surface area contributed by atoms with Crippen LogP contribution in [0.15, 0.2) is 48.5 Å². The summed E-state index contributed by atoms with van der Waals surface area (Å²) in [4.78, 5) is 11.5. The lowest BCUT2D eigenvalue weighted by molar-refractivity contribution is 0.0939. The summed E-state index contributed by atoms with van der Waals surface area (Å²) in [6.07, 6.45) is 0. The topological polar surface area (TPSA) is 29.1 Å². The lowest BCUT2D eigenvalue weighted by atomic mass is 10.1. The highest BCUT2D eigenvalue weighted by Crippen LogP contribution is 2.26. The summed E-state index contributed by atoms with van der Waals surface area (Å²) >= 11 is 23.8. The molecule has 110 valence electrons. The molecule has 0 fully saturated rings. The first-order valence-electron chi connectivity index (χ1n) is 6.08. The minimum Gasteiger partial charge on any atom is -0.342 e. The number of carbonyl (C=O) groups is 1. The molecule has 6 heteroatoms. The third-order valence-corrected chi connectivity index (χ3v) is 3.97. The Labute approximate surface area is 143 Å². The SMILES string of the molecule is O=C(N[C@@H](c1ccc(Cl)cc1)C(Cl)Cl)c1ccccc1Cl. The van der Waals surface area contributed by atoms with Crippen molar-refractivity contribution in [2.45, 2.75) is 10.9 Å². The Kier molecular flexibility index (Phi) is 5.77. The Morgan fingerprint density at radius 2 is 1.57 bits per heavy atom. The first-order valence-corrected chi connectivity index (χ1v) is 7.71. The number of hydrogen-bond acceptors (Lipinski definition) is 1. The molecule has 2 aromatic rings. The van der Waals surface area contributed by atoms with Crippen molar-refractivity contribution in [1.82, 2.24) is 5.32 Å². The average Bonchev–Trinajstić information content (AvgIpc) is 2.46. The van der Waals surface area contributed by atoms with E-state index in [2.05, 4.69) is 5.32 Å². The van der Waals surface area contributed by atoms with Crippen LogP contribution in [0.4, 0.5) is 0 Å². The van der Waals surface area contributed by atoms with E-state index in [1.165, 1.54) is 0 Å². The van der Waals surface area contributed by atoms with Crippen molar-refractivity contribution in [3.05, 3.63) is 69.7 Å². The number of alkyl halides is 2. The number of hydrogen-bond donors (Lipinski definition) is 1. The highest BCUT2D eigenvalue weighted by Gasteiger charge is 2.23. The molecule has 1 amide bonds. The number of carbonyl (C=O) groups excluding carboxylic acids is 1. The smallest absolute Gasteiger partial charge is 0.253 e. The lowest BCUT2D eigenvalue weighted by Crippen LogP contribution is -2.32. The second kappa shape index (κ2) is 7.37. The molecule has 2 rings (SSSR count). The molecule has 21 heavy (non-hydrogen) atoms. The van der Waals surface area contributed by atoms with Crippen molar-refractivity contribution < 1.29 is 4.79 Å². The van der Waals surface area contributed by atoms with Gasteiger partial charge >= 0.3 is 0 Å². The van der Waals surface area contributed by atoms with Crippen molar-refractivity contribution in [3.63, 3.8) is 0 Å². The minimum atomic E-state index is -0.808. The molecular formula is C15H11Cl4NO. The maximum Gasteiger partial charge on any atom is 0.253 e. The number of halogens is 4. The van der Waals surface area contributed by atoms with Gasteiger partial charge in [-0.05, 0) is 29.8 Å². The van der Waals surface area contributed by atoms with Crippen molar-refractivity contribution in [1.29, 1.82) is 0 Å². The third kappa shape index (κ3) is 4.27. The van der Waals surface area contributed by atoms with E-state index in [9.17, 15) is 4.79 Å². The van der Waals surface area contributed by atoms with E-state index < -0.39 is 10.9 Å².